The second kappa shape index (κ2) is 5.28. The molecular formula is C14H19NO. The van der Waals surface area contributed by atoms with Crippen LogP contribution in [0.25, 0.3) is 5.57 Å². The van der Waals surface area contributed by atoms with Crippen molar-refractivity contribution in [3.8, 4) is 0 Å². The van der Waals surface area contributed by atoms with E-state index in [9.17, 15) is 0 Å². The molecule has 1 fully saturated rings. The van der Waals surface area contributed by atoms with Crippen LogP contribution in [0.2, 0.25) is 0 Å². The lowest BCUT2D eigenvalue weighted by molar-refractivity contribution is 0.114. The number of ether oxygens (including phenoxy) is 1. The Kier molecular flexibility index (Phi) is 3.75. The second-order valence-corrected chi connectivity index (χ2v) is 4.32. The van der Waals surface area contributed by atoms with Gasteiger partial charge in [-0.2, -0.15) is 0 Å². The van der Waals surface area contributed by atoms with E-state index < -0.39 is 0 Å². The van der Waals surface area contributed by atoms with Gasteiger partial charge in [0.2, 0.25) is 0 Å². The highest BCUT2D eigenvalue weighted by molar-refractivity contribution is 5.64. The highest BCUT2D eigenvalue weighted by Crippen LogP contribution is 2.15. The van der Waals surface area contributed by atoms with Crippen LogP contribution >= 0.6 is 0 Å². The Morgan fingerprint density at radius 1 is 1.44 bits per heavy atom. The highest BCUT2D eigenvalue weighted by Gasteiger charge is 2.23. The third kappa shape index (κ3) is 2.71. The number of nitrogens with one attached hydrogen (secondary N) is 1. The molecule has 1 N–H and O–H groups in total. The van der Waals surface area contributed by atoms with E-state index in [1.165, 1.54) is 5.56 Å². The van der Waals surface area contributed by atoms with Crippen LogP contribution in [0.5, 0.6) is 0 Å². The molecule has 1 aromatic rings. The summed E-state index contributed by atoms with van der Waals surface area (Å²) >= 11 is 0. The van der Waals surface area contributed by atoms with Gasteiger partial charge in [-0.05, 0) is 24.5 Å². The van der Waals surface area contributed by atoms with Gasteiger partial charge in [0.1, 0.15) is 0 Å². The molecule has 2 heteroatoms. The van der Waals surface area contributed by atoms with E-state index in [1.807, 2.05) is 18.2 Å². The van der Waals surface area contributed by atoms with Crippen LogP contribution in [0.15, 0.2) is 36.9 Å². The summed E-state index contributed by atoms with van der Waals surface area (Å²) in [5, 5.41) is 3.51. The second-order valence-electron chi connectivity index (χ2n) is 4.32. The van der Waals surface area contributed by atoms with Gasteiger partial charge in [0.25, 0.3) is 0 Å². The fourth-order valence-electron chi connectivity index (χ4n) is 2.03. The topological polar surface area (TPSA) is 21.3 Å². The molecule has 0 saturated carbocycles. The molecule has 2 nitrogen and oxygen atoms in total. The van der Waals surface area contributed by atoms with E-state index in [4.69, 9.17) is 4.74 Å². The Morgan fingerprint density at radius 2 is 2.19 bits per heavy atom. The van der Waals surface area contributed by atoms with Crippen LogP contribution in [0.1, 0.15) is 18.9 Å². The van der Waals surface area contributed by atoms with Crippen molar-refractivity contribution in [2.45, 2.75) is 25.5 Å². The average Bonchev–Trinajstić information content (AvgIpc) is 2.73. The molecule has 0 aliphatic carbocycles. The third-order valence-corrected chi connectivity index (χ3v) is 3.14. The Morgan fingerprint density at radius 3 is 2.81 bits per heavy atom. The van der Waals surface area contributed by atoms with Gasteiger partial charge in [-0.1, -0.05) is 36.9 Å². The quantitative estimate of drug-likeness (QED) is 0.836. The van der Waals surface area contributed by atoms with Gasteiger partial charge >= 0.3 is 0 Å². The van der Waals surface area contributed by atoms with Crippen molar-refractivity contribution in [1.29, 1.82) is 0 Å². The lowest BCUT2D eigenvalue weighted by atomic mass is 10.1. The Hall–Kier alpha value is -1.12. The van der Waals surface area contributed by atoms with Crippen molar-refractivity contribution in [2.75, 3.05) is 13.2 Å². The fourth-order valence-corrected chi connectivity index (χ4v) is 2.03. The van der Waals surface area contributed by atoms with Crippen LogP contribution in [-0.2, 0) is 4.74 Å². The molecule has 86 valence electrons. The van der Waals surface area contributed by atoms with Gasteiger partial charge < -0.3 is 10.1 Å². The predicted octanol–water partition coefficient (Wildman–Crippen LogP) is 2.47. The standard InChI is InChI=1S/C14H19NO/c1-11(13-6-4-3-5-7-13)10-15-14-8-9-16-12(14)2/h3-7,12,14-15H,1,8-10H2,2H3. The number of hydrogen-bond donors (Lipinski definition) is 1. The van der Waals surface area contributed by atoms with Crippen LogP contribution in [-0.4, -0.2) is 25.3 Å². The molecule has 2 rings (SSSR count). The van der Waals surface area contributed by atoms with Crippen molar-refractivity contribution < 1.29 is 4.74 Å². The van der Waals surface area contributed by atoms with Crippen LogP contribution < -0.4 is 5.32 Å². The van der Waals surface area contributed by atoms with Crippen LogP contribution in [0.3, 0.4) is 0 Å². The largest absolute Gasteiger partial charge is 0.377 e. The Labute approximate surface area is 97.3 Å². The third-order valence-electron chi connectivity index (χ3n) is 3.14. The molecule has 16 heavy (non-hydrogen) atoms. The molecule has 1 aromatic carbocycles. The summed E-state index contributed by atoms with van der Waals surface area (Å²) in [6.07, 6.45) is 1.42. The molecule has 0 radical (unpaired) electrons. The monoisotopic (exact) mass is 217 g/mol. The van der Waals surface area contributed by atoms with Crippen molar-refractivity contribution in [1.82, 2.24) is 5.32 Å². The van der Waals surface area contributed by atoms with E-state index in [1.54, 1.807) is 0 Å². The first-order valence-electron chi connectivity index (χ1n) is 5.85. The van der Waals surface area contributed by atoms with Crippen LogP contribution in [0, 0.1) is 0 Å². The van der Waals surface area contributed by atoms with Crippen molar-refractivity contribution in [2.24, 2.45) is 0 Å². The van der Waals surface area contributed by atoms with Gasteiger partial charge in [-0.25, -0.2) is 0 Å². The molecule has 0 bridgehead atoms. The molecule has 1 saturated heterocycles. The summed E-state index contributed by atoms with van der Waals surface area (Å²) in [7, 11) is 0. The van der Waals surface area contributed by atoms with Gasteiger partial charge in [0, 0.05) is 19.2 Å². The zero-order valence-electron chi connectivity index (χ0n) is 9.78. The lowest BCUT2D eigenvalue weighted by Crippen LogP contribution is -2.35. The summed E-state index contributed by atoms with van der Waals surface area (Å²) in [6.45, 7) is 7.94. The molecule has 0 aromatic heterocycles. The summed E-state index contributed by atoms with van der Waals surface area (Å²) in [5.41, 5.74) is 2.35. The molecule has 2 unspecified atom stereocenters. The molecule has 0 spiro atoms. The van der Waals surface area contributed by atoms with Gasteiger partial charge in [-0.3, -0.25) is 0 Å². The molecule has 0 amide bonds. The summed E-state index contributed by atoms with van der Waals surface area (Å²) in [6, 6.07) is 10.8. The van der Waals surface area contributed by atoms with E-state index in [-0.39, 0.29) is 0 Å². The van der Waals surface area contributed by atoms with E-state index in [2.05, 4.69) is 31.0 Å². The Bertz CT molecular complexity index is 347. The maximum atomic E-state index is 5.51. The van der Waals surface area contributed by atoms with Gasteiger partial charge in [-0.15, -0.1) is 0 Å². The first kappa shape index (κ1) is 11.4. The zero-order chi connectivity index (χ0) is 11.4. The normalized spacial score (nSPS) is 24.6. The first-order chi connectivity index (χ1) is 7.77. The van der Waals surface area contributed by atoms with E-state index in [0.717, 1.165) is 25.1 Å². The molecular weight excluding hydrogens is 198 g/mol. The number of rotatable bonds is 4. The van der Waals surface area contributed by atoms with Gasteiger partial charge in [0.15, 0.2) is 0 Å². The smallest absolute Gasteiger partial charge is 0.0700 e. The van der Waals surface area contributed by atoms with Crippen molar-refractivity contribution in [3.63, 3.8) is 0 Å². The number of hydrogen-bond acceptors (Lipinski definition) is 2. The summed E-state index contributed by atoms with van der Waals surface area (Å²) in [5.74, 6) is 0. The zero-order valence-corrected chi connectivity index (χ0v) is 9.78. The molecule has 1 aliphatic heterocycles. The lowest BCUT2D eigenvalue weighted by Gasteiger charge is -2.17. The minimum Gasteiger partial charge on any atom is -0.377 e. The maximum absolute atomic E-state index is 5.51. The molecule has 1 heterocycles. The van der Waals surface area contributed by atoms with Crippen molar-refractivity contribution in [3.05, 3.63) is 42.5 Å². The first-order valence-corrected chi connectivity index (χ1v) is 5.85. The van der Waals surface area contributed by atoms with E-state index >= 15 is 0 Å². The average molecular weight is 217 g/mol. The summed E-state index contributed by atoms with van der Waals surface area (Å²) in [4.78, 5) is 0. The fraction of sp³-hybridized carbons (Fsp3) is 0.429. The van der Waals surface area contributed by atoms with Crippen molar-refractivity contribution >= 4 is 5.57 Å². The number of benzene rings is 1. The molecule has 2 atom stereocenters. The SMILES string of the molecule is C=C(CNC1CCOC1C)c1ccccc1. The molecule has 1 aliphatic rings. The van der Waals surface area contributed by atoms with E-state index in [0.29, 0.717) is 12.1 Å². The predicted molar refractivity (Wildman–Crippen MR) is 67.3 cm³/mol. The Balaban J connectivity index is 1.84. The maximum Gasteiger partial charge on any atom is 0.0700 e. The minimum absolute atomic E-state index is 0.323. The van der Waals surface area contributed by atoms with Crippen LogP contribution in [0.4, 0.5) is 0 Å². The minimum atomic E-state index is 0.323. The highest BCUT2D eigenvalue weighted by atomic mass is 16.5. The summed E-state index contributed by atoms with van der Waals surface area (Å²) < 4.78 is 5.51. The van der Waals surface area contributed by atoms with Gasteiger partial charge in [0.05, 0.1) is 6.10 Å².